The molecule has 0 aliphatic carbocycles. The highest BCUT2D eigenvalue weighted by Gasteiger charge is 2.45. The molecule has 1 rings (SSSR count). The predicted molar refractivity (Wildman–Crippen MR) is 111 cm³/mol. The number of amides is 3. The fourth-order valence-corrected chi connectivity index (χ4v) is 2.67. The van der Waals surface area contributed by atoms with Crippen LogP contribution in [0.5, 0.6) is 0 Å². The first-order chi connectivity index (χ1) is 15.7. The van der Waals surface area contributed by atoms with Gasteiger partial charge in [0.15, 0.2) is 0 Å². The number of benzene rings is 1. The molecule has 0 aliphatic heterocycles. The molecule has 3 amide bonds. The van der Waals surface area contributed by atoms with E-state index >= 15 is 0 Å². The van der Waals surface area contributed by atoms with E-state index < -0.39 is 66.3 Å². The minimum atomic E-state index is -5.37. The second-order valence-electron chi connectivity index (χ2n) is 7.68. The lowest BCUT2D eigenvalue weighted by Crippen LogP contribution is -2.57. The van der Waals surface area contributed by atoms with E-state index in [-0.39, 0.29) is 6.61 Å². The van der Waals surface area contributed by atoms with Crippen molar-refractivity contribution in [1.29, 1.82) is 0 Å². The first-order valence-electron chi connectivity index (χ1n) is 10.1. The van der Waals surface area contributed by atoms with Gasteiger partial charge in [-0.25, -0.2) is 4.79 Å². The molecule has 0 fully saturated rings. The van der Waals surface area contributed by atoms with E-state index in [0.717, 1.165) is 6.92 Å². The lowest BCUT2D eigenvalue weighted by atomic mass is 10.0. The Hall–Kier alpha value is -3.64. The molecule has 0 saturated heterocycles. The van der Waals surface area contributed by atoms with Crippen LogP contribution in [0.15, 0.2) is 30.3 Å². The minimum absolute atomic E-state index is 0.0594. The van der Waals surface area contributed by atoms with Crippen LogP contribution >= 0.6 is 0 Å². The maximum absolute atomic E-state index is 12.7. The number of ketones is 1. The van der Waals surface area contributed by atoms with Crippen LogP contribution in [-0.2, 0) is 30.5 Å². The van der Waals surface area contributed by atoms with Gasteiger partial charge >= 0.3 is 18.2 Å². The van der Waals surface area contributed by atoms with Gasteiger partial charge in [-0.2, -0.15) is 13.2 Å². The van der Waals surface area contributed by atoms with Crippen molar-refractivity contribution in [2.24, 2.45) is 5.92 Å². The Kier molecular flexibility index (Phi) is 10.5. The van der Waals surface area contributed by atoms with Crippen molar-refractivity contribution in [2.75, 3.05) is 0 Å². The molecule has 0 heterocycles. The van der Waals surface area contributed by atoms with Gasteiger partial charge in [-0.1, -0.05) is 44.2 Å². The summed E-state index contributed by atoms with van der Waals surface area (Å²) in [6.07, 6.45) is -7.58. The first kappa shape index (κ1) is 28.4. The van der Waals surface area contributed by atoms with Gasteiger partial charge in [-0.15, -0.1) is 0 Å². The highest BCUT2D eigenvalue weighted by Crippen LogP contribution is 2.19. The van der Waals surface area contributed by atoms with E-state index in [1.807, 2.05) is 0 Å². The smallest absolute Gasteiger partial charge is 0.452 e. The molecule has 0 unspecified atom stereocenters. The van der Waals surface area contributed by atoms with Gasteiger partial charge in [-0.05, 0) is 18.4 Å². The topological polar surface area (TPSA) is 151 Å². The Morgan fingerprint density at radius 1 is 0.941 bits per heavy atom. The average molecular weight is 489 g/mol. The van der Waals surface area contributed by atoms with E-state index in [2.05, 4.69) is 10.6 Å². The van der Waals surface area contributed by atoms with Gasteiger partial charge < -0.3 is 25.8 Å². The normalized spacial score (nSPS) is 13.9. The van der Waals surface area contributed by atoms with E-state index in [1.165, 1.54) is 0 Å². The number of nitrogens with one attached hydrogen (secondary N) is 3. The number of hydrogen-bond donors (Lipinski definition) is 4. The third-order valence-electron chi connectivity index (χ3n) is 4.48. The number of hydrogen-bond acceptors (Lipinski definition) is 6. The molecule has 13 heteroatoms. The molecule has 0 aromatic heterocycles. The zero-order valence-corrected chi connectivity index (χ0v) is 18.6. The average Bonchev–Trinajstić information content (AvgIpc) is 2.74. The summed E-state index contributed by atoms with van der Waals surface area (Å²) in [6, 6.07) is 3.74. The lowest BCUT2D eigenvalue weighted by molar-refractivity contribution is -0.174. The fraction of sp³-hybridized carbons (Fsp3) is 0.476. The summed E-state index contributed by atoms with van der Waals surface area (Å²) in [5.74, 6) is -6.70. The van der Waals surface area contributed by atoms with Crippen LogP contribution in [0.2, 0.25) is 0 Å². The number of carbonyl (C=O) groups excluding carboxylic acids is 4. The number of alkyl carbamates (subject to hydrolysis) is 1. The molecule has 0 aliphatic rings. The summed E-state index contributed by atoms with van der Waals surface area (Å²) in [4.78, 5) is 59.1. The first-order valence-corrected chi connectivity index (χ1v) is 10.1. The molecule has 0 spiro atoms. The second-order valence-corrected chi connectivity index (χ2v) is 7.68. The monoisotopic (exact) mass is 489 g/mol. The van der Waals surface area contributed by atoms with Crippen LogP contribution in [0, 0.1) is 5.92 Å². The number of carbonyl (C=O) groups is 5. The van der Waals surface area contributed by atoms with Gasteiger partial charge in [0.25, 0.3) is 5.78 Å². The zero-order chi connectivity index (χ0) is 26.1. The van der Waals surface area contributed by atoms with Gasteiger partial charge in [0.2, 0.25) is 11.8 Å². The number of aliphatic carboxylic acids is 1. The summed E-state index contributed by atoms with van der Waals surface area (Å²) in [5, 5.41) is 15.0. The van der Waals surface area contributed by atoms with Gasteiger partial charge in [0.05, 0.1) is 6.42 Å². The summed E-state index contributed by atoms with van der Waals surface area (Å²) < 4.78 is 43.1. The largest absolute Gasteiger partial charge is 0.481 e. The number of carboxylic acids is 1. The molecule has 188 valence electrons. The molecular formula is C21H26F3N3O7. The molecule has 3 atom stereocenters. The third kappa shape index (κ3) is 9.46. The van der Waals surface area contributed by atoms with Crippen molar-refractivity contribution in [3.05, 3.63) is 35.9 Å². The maximum atomic E-state index is 12.7. The Morgan fingerprint density at radius 2 is 1.53 bits per heavy atom. The van der Waals surface area contributed by atoms with Crippen molar-refractivity contribution < 1.29 is 47.0 Å². The minimum Gasteiger partial charge on any atom is -0.481 e. The van der Waals surface area contributed by atoms with Crippen LogP contribution in [0.3, 0.4) is 0 Å². The summed E-state index contributed by atoms with van der Waals surface area (Å²) in [7, 11) is 0. The molecule has 1 aromatic rings. The van der Waals surface area contributed by atoms with E-state index in [9.17, 15) is 37.1 Å². The number of alkyl halides is 3. The third-order valence-corrected chi connectivity index (χ3v) is 4.48. The number of rotatable bonds is 11. The molecule has 0 saturated carbocycles. The summed E-state index contributed by atoms with van der Waals surface area (Å²) in [5.41, 5.74) is 0.706. The van der Waals surface area contributed by atoms with Crippen molar-refractivity contribution >= 4 is 29.7 Å². The highest BCUT2D eigenvalue weighted by molar-refractivity contribution is 5.97. The molecule has 0 bridgehead atoms. The molecule has 0 radical (unpaired) electrons. The lowest BCUT2D eigenvalue weighted by Gasteiger charge is -2.24. The van der Waals surface area contributed by atoms with E-state index in [1.54, 1.807) is 49.5 Å². The van der Waals surface area contributed by atoms with Gasteiger partial charge in [-0.3, -0.25) is 19.2 Å². The number of ether oxygens (including phenoxy) is 1. The van der Waals surface area contributed by atoms with Crippen molar-refractivity contribution in [1.82, 2.24) is 16.0 Å². The standard InChI is InChI=1S/C21H26F3N3O7/c1-11(2)16(27-20(33)34-10-13-7-5-4-6-8-13)19(32)25-12(3)18(31)26-14(9-15(28)29)17(30)21(22,23)24/h4-8,11-12,14,16H,9-10H2,1-3H3,(H,25,32)(H,26,31)(H,27,33)(H,28,29)/t12-,14-,16-/m0/s1. The van der Waals surface area contributed by atoms with Crippen LogP contribution in [-0.4, -0.2) is 59.1 Å². The fourth-order valence-electron chi connectivity index (χ4n) is 2.67. The number of Topliss-reactive ketones (excluding diaryl/α,β-unsaturated/α-hetero) is 1. The van der Waals surface area contributed by atoms with Gasteiger partial charge in [0.1, 0.15) is 24.7 Å². The highest BCUT2D eigenvalue weighted by atomic mass is 19.4. The Morgan fingerprint density at radius 3 is 2.03 bits per heavy atom. The summed E-state index contributed by atoms with van der Waals surface area (Å²) in [6.45, 7) is 4.25. The molecule has 1 aromatic carbocycles. The van der Waals surface area contributed by atoms with Gasteiger partial charge in [0, 0.05) is 0 Å². The van der Waals surface area contributed by atoms with Crippen molar-refractivity contribution in [3.63, 3.8) is 0 Å². The van der Waals surface area contributed by atoms with Crippen LogP contribution < -0.4 is 16.0 Å². The van der Waals surface area contributed by atoms with Crippen molar-refractivity contribution in [2.45, 2.75) is 58.1 Å². The van der Waals surface area contributed by atoms with Crippen LogP contribution in [0.4, 0.5) is 18.0 Å². The Balaban J connectivity index is 2.74. The molecule has 4 N–H and O–H groups in total. The van der Waals surface area contributed by atoms with E-state index in [0.29, 0.717) is 5.56 Å². The number of halogens is 3. The Bertz CT molecular complexity index is 891. The van der Waals surface area contributed by atoms with Crippen molar-refractivity contribution in [3.8, 4) is 0 Å². The quantitative estimate of drug-likeness (QED) is 0.368. The Labute approximate surface area is 193 Å². The predicted octanol–water partition coefficient (Wildman–Crippen LogP) is 1.53. The van der Waals surface area contributed by atoms with Crippen LogP contribution in [0.1, 0.15) is 32.8 Å². The maximum Gasteiger partial charge on any atom is 0.452 e. The second kappa shape index (κ2) is 12.6. The molecule has 34 heavy (non-hydrogen) atoms. The SMILES string of the molecule is CC(C)[C@H](NC(=O)OCc1ccccc1)C(=O)N[C@@H](C)C(=O)N[C@@H](CC(=O)O)C(=O)C(F)(F)F. The zero-order valence-electron chi connectivity index (χ0n) is 18.6. The van der Waals surface area contributed by atoms with E-state index in [4.69, 9.17) is 9.84 Å². The summed E-state index contributed by atoms with van der Waals surface area (Å²) >= 11 is 0. The molecular weight excluding hydrogens is 463 g/mol. The number of carboxylic acid groups (broad SMARTS) is 1. The molecule has 10 nitrogen and oxygen atoms in total. The van der Waals surface area contributed by atoms with Crippen LogP contribution in [0.25, 0.3) is 0 Å².